The second-order valence-electron chi connectivity index (χ2n) is 6.16. The summed E-state index contributed by atoms with van der Waals surface area (Å²) in [5.41, 5.74) is 3.51. The lowest BCUT2D eigenvalue weighted by atomic mass is 10.0. The molecule has 4 nitrogen and oxygen atoms in total. The van der Waals surface area contributed by atoms with Gasteiger partial charge < -0.3 is 19.1 Å². The number of rotatable bonds is 9. The SMILES string of the molecule is CCN(C)CCc1cc(OC)c(OC)cc1/C=C\c1ccc(OC)cc1. The monoisotopic (exact) mass is 355 g/mol. The van der Waals surface area contributed by atoms with Gasteiger partial charge in [0.05, 0.1) is 21.3 Å². The smallest absolute Gasteiger partial charge is 0.161 e. The van der Waals surface area contributed by atoms with Crippen LogP contribution >= 0.6 is 0 Å². The molecule has 0 aromatic heterocycles. The summed E-state index contributed by atoms with van der Waals surface area (Å²) in [6.45, 7) is 4.19. The summed E-state index contributed by atoms with van der Waals surface area (Å²) in [5, 5.41) is 0. The van der Waals surface area contributed by atoms with Gasteiger partial charge in [0.15, 0.2) is 11.5 Å². The van der Waals surface area contributed by atoms with Gasteiger partial charge in [-0.15, -0.1) is 0 Å². The van der Waals surface area contributed by atoms with Crippen LogP contribution in [0.15, 0.2) is 36.4 Å². The highest BCUT2D eigenvalue weighted by Crippen LogP contribution is 2.32. The van der Waals surface area contributed by atoms with Crippen LogP contribution in [-0.4, -0.2) is 46.4 Å². The molecule has 0 aliphatic rings. The fraction of sp³-hybridized carbons (Fsp3) is 0.364. The largest absolute Gasteiger partial charge is 0.497 e. The third-order valence-corrected chi connectivity index (χ3v) is 4.52. The summed E-state index contributed by atoms with van der Waals surface area (Å²) >= 11 is 0. The van der Waals surface area contributed by atoms with Gasteiger partial charge in [0, 0.05) is 6.54 Å². The van der Waals surface area contributed by atoms with Gasteiger partial charge in [0.1, 0.15) is 5.75 Å². The minimum atomic E-state index is 0.745. The number of hydrogen-bond donors (Lipinski definition) is 0. The number of ether oxygens (including phenoxy) is 3. The lowest BCUT2D eigenvalue weighted by Gasteiger charge is -2.17. The highest BCUT2D eigenvalue weighted by Gasteiger charge is 2.10. The molecule has 0 unspecified atom stereocenters. The lowest BCUT2D eigenvalue weighted by Crippen LogP contribution is -2.20. The molecule has 0 aliphatic carbocycles. The fourth-order valence-electron chi connectivity index (χ4n) is 2.68. The molecule has 4 heteroatoms. The summed E-state index contributed by atoms with van der Waals surface area (Å²) in [4.78, 5) is 2.30. The van der Waals surface area contributed by atoms with E-state index in [1.54, 1.807) is 21.3 Å². The van der Waals surface area contributed by atoms with E-state index >= 15 is 0 Å². The van der Waals surface area contributed by atoms with Crippen molar-refractivity contribution < 1.29 is 14.2 Å². The minimum Gasteiger partial charge on any atom is -0.497 e. The Morgan fingerprint density at radius 1 is 0.885 bits per heavy atom. The standard InChI is InChI=1S/C22H29NO3/c1-6-23(2)14-13-19-16-22(26-5)21(25-4)15-18(19)10-7-17-8-11-20(24-3)12-9-17/h7-12,15-16H,6,13-14H2,1-5H3/b10-7-. The van der Waals surface area contributed by atoms with Crippen LogP contribution in [0.25, 0.3) is 12.2 Å². The topological polar surface area (TPSA) is 30.9 Å². The van der Waals surface area contributed by atoms with Gasteiger partial charge in [-0.05, 0) is 61.0 Å². The molecule has 0 spiro atoms. The summed E-state index contributed by atoms with van der Waals surface area (Å²) in [5.74, 6) is 2.37. The Morgan fingerprint density at radius 3 is 2.12 bits per heavy atom. The Hall–Kier alpha value is -2.46. The van der Waals surface area contributed by atoms with Crippen molar-refractivity contribution >= 4 is 12.2 Å². The van der Waals surface area contributed by atoms with Gasteiger partial charge in [-0.1, -0.05) is 31.2 Å². The number of benzene rings is 2. The predicted octanol–water partition coefficient (Wildman–Crippen LogP) is 4.38. The molecular formula is C22H29NO3. The van der Waals surface area contributed by atoms with Crippen LogP contribution in [0.3, 0.4) is 0 Å². The van der Waals surface area contributed by atoms with Gasteiger partial charge in [0.25, 0.3) is 0 Å². The van der Waals surface area contributed by atoms with E-state index in [0.717, 1.165) is 47.9 Å². The molecule has 0 fully saturated rings. The van der Waals surface area contributed by atoms with Gasteiger partial charge >= 0.3 is 0 Å². The van der Waals surface area contributed by atoms with Crippen LogP contribution in [0.4, 0.5) is 0 Å². The molecular weight excluding hydrogens is 326 g/mol. The lowest BCUT2D eigenvalue weighted by molar-refractivity contribution is 0.350. The summed E-state index contributed by atoms with van der Waals surface area (Å²) < 4.78 is 16.2. The average molecular weight is 355 g/mol. The first-order valence-corrected chi connectivity index (χ1v) is 8.86. The average Bonchev–Trinajstić information content (AvgIpc) is 2.70. The van der Waals surface area contributed by atoms with Crippen molar-refractivity contribution in [2.75, 3.05) is 41.5 Å². The third-order valence-electron chi connectivity index (χ3n) is 4.52. The van der Waals surface area contributed by atoms with Crippen LogP contribution in [-0.2, 0) is 6.42 Å². The second kappa shape index (κ2) is 9.88. The molecule has 0 heterocycles. The highest BCUT2D eigenvalue weighted by atomic mass is 16.5. The molecule has 0 saturated heterocycles. The van der Waals surface area contributed by atoms with Crippen LogP contribution < -0.4 is 14.2 Å². The molecule has 0 atom stereocenters. The van der Waals surface area contributed by atoms with Crippen molar-refractivity contribution in [3.8, 4) is 17.2 Å². The molecule has 0 amide bonds. The van der Waals surface area contributed by atoms with E-state index in [0.29, 0.717) is 0 Å². The Labute approximate surface area is 157 Å². The summed E-state index contributed by atoms with van der Waals surface area (Å²) in [7, 11) is 7.15. The van der Waals surface area contributed by atoms with Gasteiger partial charge in [-0.2, -0.15) is 0 Å². The maximum absolute atomic E-state index is 5.48. The Morgan fingerprint density at radius 2 is 1.54 bits per heavy atom. The Balaban J connectivity index is 2.31. The zero-order valence-corrected chi connectivity index (χ0v) is 16.4. The van der Waals surface area contributed by atoms with Gasteiger partial charge in [-0.25, -0.2) is 0 Å². The van der Waals surface area contributed by atoms with Crippen molar-refractivity contribution in [3.05, 3.63) is 53.1 Å². The van der Waals surface area contributed by atoms with Crippen molar-refractivity contribution in [3.63, 3.8) is 0 Å². The van der Waals surface area contributed by atoms with Crippen molar-refractivity contribution in [1.29, 1.82) is 0 Å². The molecule has 0 bridgehead atoms. The number of nitrogens with zero attached hydrogens (tertiary/aromatic N) is 1. The summed E-state index contributed by atoms with van der Waals surface area (Å²) in [6, 6.07) is 12.1. The Bertz CT molecular complexity index is 723. The molecule has 0 saturated carbocycles. The fourth-order valence-corrected chi connectivity index (χ4v) is 2.68. The first-order chi connectivity index (χ1) is 12.6. The van der Waals surface area contributed by atoms with Gasteiger partial charge in [0.2, 0.25) is 0 Å². The highest BCUT2D eigenvalue weighted by molar-refractivity contribution is 5.73. The van der Waals surface area contributed by atoms with Crippen LogP contribution in [0, 0.1) is 0 Å². The van der Waals surface area contributed by atoms with E-state index in [1.165, 1.54) is 5.56 Å². The van der Waals surface area contributed by atoms with Crippen LogP contribution in [0.2, 0.25) is 0 Å². The first-order valence-electron chi connectivity index (χ1n) is 8.86. The number of hydrogen-bond acceptors (Lipinski definition) is 4. The maximum Gasteiger partial charge on any atom is 0.161 e. The third kappa shape index (κ3) is 5.27. The molecule has 26 heavy (non-hydrogen) atoms. The van der Waals surface area contributed by atoms with Crippen molar-refractivity contribution in [2.45, 2.75) is 13.3 Å². The minimum absolute atomic E-state index is 0.745. The predicted molar refractivity (Wildman–Crippen MR) is 108 cm³/mol. The second-order valence-corrected chi connectivity index (χ2v) is 6.16. The van der Waals surface area contributed by atoms with E-state index in [9.17, 15) is 0 Å². The quantitative estimate of drug-likeness (QED) is 0.625. The molecule has 2 aromatic rings. The molecule has 2 aromatic carbocycles. The summed E-state index contributed by atoms with van der Waals surface area (Å²) in [6.07, 6.45) is 5.19. The van der Waals surface area contributed by atoms with E-state index < -0.39 is 0 Å². The molecule has 0 N–H and O–H groups in total. The molecule has 0 radical (unpaired) electrons. The molecule has 2 rings (SSSR count). The van der Waals surface area contributed by atoms with Crippen molar-refractivity contribution in [2.24, 2.45) is 0 Å². The number of methoxy groups -OCH3 is 3. The van der Waals surface area contributed by atoms with E-state index in [2.05, 4.69) is 37.1 Å². The normalized spacial score (nSPS) is 11.2. The molecule has 140 valence electrons. The first kappa shape index (κ1) is 19.9. The number of likely N-dealkylation sites (N-methyl/N-ethyl adjacent to an activating group) is 1. The van der Waals surface area contributed by atoms with E-state index in [-0.39, 0.29) is 0 Å². The van der Waals surface area contributed by atoms with Crippen LogP contribution in [0.1, 0.15) is 23.6 Å². The molecule has 0 aliphatic heterocycles. The Kier molecular flexibility index (Phi) is 7.54. The van der Waals surface area contributed by atoms with Crippen molar-refractivity contribution in [1.82, 2.24) is 4.90 Å². The zero-order valence-electron chi connectivity index (χ0n) is 16.4. The maximum atomic E-state index is 5.48. The van der Waals surface area contributed by atoms with Crippen LogP contribution in [0.5, 0.6) is 17.2 Å². The van der Waals surface area contributed by atoms with E-state index in [4.69, 9.17) is 14.2 Å². The zero-order chi connectivity index (χ0) is 18.9. The van der Waals surface area contributed by atoms with E-state index in [1.807, 2.05) is 30.3 Å². The van der Waals surface area contributed by atoms with Gasteiger partial charge in [-0.3, -0.25) is 0 Å².